The van der Waals surface area contributed by atoms with Gasteiger partial charge in [0.05, 0.1) is 12.0 Å². The van der Waals surface area contributed by atoms with Crippen molar-refractivity contribution in [2.24, 2.45) is 0 Å². The molecule has 0 unspecified atom stereocenters. The van der Waals surface area contributed by atoms with Crippen LogP contribution < -0.4 is 0 Å². The lowest BCUT2D eigenvalue weighted by molar-refractivity contribution is -0.138. The molecule has 0 aliphatic rings. The lowest BCUT2D eigenvalue weighted by atomic mass is 9.80. The van der Waals surface area contributed by atoms with Gasteiger partial charge in [-0.25, -0.2) is 0 Å². The third kappa shape index (κ3) is 3.24. The van der Waals surface area contributed by atoms with Crippen molar-refractivity contribution in [2.75, 3.05) is 0 Å². The fourth-order valence-electron chi connectivity index (χ4n) is 1.83. The number of aliphatic carboxylic acids is 1. The number of benzene rings is 1. The molecule has 1 N–H and O–H groups in total. The highest BCUT2D eigenvalue weighted by atomic mass is 19.4. The number of carboxylic acid groups (broad SMARTS) is 1. The molecule has 0 fully saturated rings. The highest BCUT2D eigenvalue weighted by Gasteiger charge is 2.34. The maximum absolute atomic E-state index is 12.8. The highest BCUT2D eigenvalue weighted by Crippen LogP contribution is 2.36. The minimum Gasteiger partial charge on any atom is -0.481 e. The van der Waals surface area contributed by atoms with Crippen LogP contribution in [0, 0.1) is 6.92 Å². The molecule has 0 radical (unpaired) electrons. The molecule has 18 heavy (non-hydrogen) atoms. The topological polar surface area (TPSA) is 37.3 Å². The van der Waals surface area contributed by atoms with Crippen LogP contribution in [-0.2, 0) is 16.4 Å². The van der Waals surface area contributed by atoms with Crippen LogP contribution >= 0.6 is 0 Å². The van der Waals surface area contributed by atoms with E-state index < -0.39 is 23.1 Å². The van der Waals surface area contributed by atoms with E-state index >= 15 is 0 Å². The van der Waals surface area contributed by atoms with Crippen LogP contribution in [0.1, 0.15) is 37.0 Å². The molecular formula is C13H15F3O2. The first kappa shape index (κ1) is 14.5. The van der Waals surface area contributed by atoms with E-state index in [2.05, 4.69) is 0 Å². The standard InChI is InChI=1S/C13H15F3O2/c1-8-4-5-9(6-10(8)13(14,15)16)12(2,3)7-11(17)18/h4-6H,7H2,1-3H3,(H,17,18). The first-order valence-electron chi connectivity index (χ1n) is 5.44. The van der Waals surface area contributed by atoms with Gasteiger partial charge in [-0.2, -0.15) is 13.2 Å². The number of hydrogen-bond acceptors (Lipinski definition) is 1. The van der Waals surface area contributed by atoms with E-state index in [1.54, 1.807) is 19.9 Å². The molecule has 1 aromatic carbocycles. The van der Waals surface area contributed by atoms with Crippen LogP contribution in [0.25, 0.3) is 0 Å². The number of hydrogen-bond donors (Lipinski definition) is 1. The molecule has 0 spiro atoms. The van der Waals surface area contributed by atoms with Crippen molar-refractivity contribution < 1.29 is 23.1 Å². The SMILES string of the molecule is Cc1ccc(C(C)(C)CC(=O)O)cc1C(F)(F)F. The predicted molar refractivity (Wildman–Crippen MR) is 61.5 cm³/mol. The second kappa shape index (κ2) is 4.63. The average molecular weight is 260 g/mol. The molecule has 2 nitrogen and oxygen atoms in total. The molecule has 0 saturated carbocycles. The molecule has 5 heteroatoms. The molecule has 1 aromatic rings. The van der Waals surface area contributed by atoms with E-state index in [4.69, 9.17) is 5.11 Å². The second-order valence-electron chi connectivity index (χ2n) is 4.98. The zero-order chi connectivity index (χ0) is 14.1. The number of rotatable bonds is 3. The third-order valence-corrected chi connectivity index (χ3v) is 2.92. The maximum Gasteiger partial charge on any atom is 0.416 e. The molecule has 0 amide bonds. The molecular weight excluding hydrogens is 245 g/mol. The third-order valence-electron chi connectivity index (χ3n) is 2.92. The van der Waals surface area contributed by atoms with Crippen LogP contribution in [0.2, 0.25) is 0 Å². The number of aryl methyl sites for hydroxylation is 1. The Balaban J connectivity index is 3.24. The summed E-state index contributed by atoms with van der Waals surface area (Å²) in [5, 5.41) is 8.77. The number of alkyl halides is 3. The Kier molecular flexibility index (Phi) is 3.74. The molecule has 1 rings (SSSR count). The van der Waals surface area contributed by atoms with Crippen LogP contribution in [0.4, 0.5) is 13.2 Å². The van der Waals surface area contributed by atoms with E-state index in [0.29, 0.717) is 5.56 Å². The van der Waals surface area contributed by atoms with Gasteiger partial charge in [-0.1, -0.05) is 26.0 Å². The first-order chi connectivity index (χ1) is 8.04. The van der Waals surface area contributed by atoms with Crippen LogP contribution in [0.15, 0.2) is 18.2 Å². The smallest absolute Gasteiger partial charge is 0.416 e. The Bertz CT molecular complexity index is 462. The fraction of sp³-hybridized carbons (Fsp3) is 0.462. The van der Waals surface area contributed by atoms with Gasteiger partial charge in [0.1, 0.15) is 0 Å². The fourth-order valence-corrected chi connectivity index (χ4v) is 1.83. The lowest BCUT2D eigenvalue weighted by Gasteiger charge is -2.24. The van der Waals surface area contributed by atoms with Crippen molar-refractivity contribution in [1.82, 2.24) is 0 Å². The van der Waals surface area contributed by atoms with Gasteiger partial charge in [0.2, 0.25) is 0 Å². The second-order valence-corrected chi connectivity index (χ2v) is 4.98. The van der Waals surface area contributed by atoms with E-state index in [1.807, 2.05) is 0 Å². The Morgan fingerprint density at radius 2 is 1.83 bits per heavy atom. The van der Waals surface area contributed by atoms with Gasteiger partial charge in [0.15, 0.2) is 0 Å². The van der Waals surface area contributed by atoms with Crippen LogP contribution in [0.3, 0.4) is 0 Å². The van der Waals surface area contributed by atoms with Crippen LogP contribution in [-0.4, -0.2) is 11.1 Å². The Morgan fingerprint density at radius 3 is 2.28 bits per heavy atom. The normalized spacial score (nSPS) is 12.6. The van der Waals surface area contributed by atoms with Crippen molar-refractivity contribution in [3.63, 3.8) is 0 Å². The molecule has 0 heterocycles. The number of halogens is 3. The number of carbonyl (C=O) groups is 1. The van der Waals surface area contributed by atoms with Gasteiger partial charge in [0, 0.05) is 5.41 Å². The Hall–Kier alpha value is -1.52. The summed E-state index contributed by atoms with van der Waals surface area (Å²) in [7, 11) is 0. The summed E-state index contributed by atoms with van der Waals surface area (Å²) in [6, 6.07) is 3.97. The van der Waals surface area contributed by atoms with Crippen molar-refractivity contribution in [3.05, 3.63) is 34.9 Å². The van der Waals surface area contributed by atoms with Crippen molar-refractivity contribution in [1.29, 1.82) is 0 Å². The van der Waals surface area contributed by atoms with Crippen molar-refractivity contribution >= 4 is 5.97 Å². The summed E-state index contributed by atoms with van der Waals surface area (Å²) in [6.07, 6.45) is -4.63. The highest BCUT2D eigenvalue weighted by molar-refractivity contribution is 5.69. The van der Waals surface area contributed by atoms with Gasteiger partial charge < -0.3 is 5.11 Å². The minimum atomic E-state index is -4.42. The van der Waals surface area contributed by atoms with Crippen molar-refractivity contribution in [2.45, 2.75) is 38.8 Å². The molecule has 0 aliphatic heterocycles. The zero-order valence-corrected chi connectivity index (χ0v) is 10.4. The van der Waals surface area contributed by atoms with E-state index in [0.717, 1.165) is 6.07 Å². The van der Waals surface area contributed by atoms with E-state index in [9.17, 15) is 18.0 Å². The number of carboxylic acids is 1. The molecule has 100 valence electrons. The Labute approximate surface area is 103 Å². The van der Waals surface area contributed by atoms with Crippen molar-refractivity contribution in [3.8, 4) is 0 Å². The summed E-state index contributed by atoms with van der Waals surface area (Å²) >= 11 is 0. The molecule has 0 aromatic heterocycles. The van der Waals surface area contributed by atoms with Gasteiger partial charge >= 0.3 is 12.1 Å². The lowest BCUT2D eigenvalue weighted by Crippen LogP contribution is -2.22. The van der Waals surface area contributed by atoms with Gasteiger partial charge in [-0.05, 0) is 24.1 Å². The predicted octanol–water partition coefficient (Wildman–Crippen LogP) is 3.77. The minimum absolute atomic E-state index is 0.136. The molecule has 0 aliphatic carbocycles. The molecule has 0 saturated heterocycles. The quantitative estimate of drug-likeness (QED) is 0.898. The van der Waals surface area contributed by atoms with E-state index in [-0.39, 0.29) is 12.0 Å². The summed E-state index contributed by atoms with van der Waals surface area (Å²) in [4.78, 5) is 10.7. The first-order valence-corrected chi connectivity index (χ1v) is 5.44. The summed E-state index contributed by atoms with van der Waals surface area (Å²) < 4.78 is 38.3. The molecule has 0 bridgehead atoms. The van der Waals surface area contributed by atoms with E-state index in [1.165, 1.54) is 13.0 Å². The summed E-state index contributed by atoms with van der Waals surface area (Å²) in [6.45, 7) is 4.62. The zero-order valence-electron chi connectivity index (χ0n) is 10.4. The average Bonchev–Trinajstić information content (AvgIpc) is 2.13. The summed E-state index contributed by atoms with van der Waals surface area (Å²) in [5.41, 5.74) is -1.03. The monoisotopic (exact) mass is 260 g/mol. The van der Waals surface area contributed by atoms with Crippen LogP contribution in [0.5, 0.6) is 0 Å². The maximum atomic E-state index is 12.8. The Morgan fingerprint density at radius 1 is 1.28 bits per heavy atom. The largest absolute Gasteiger partial charge is 0.481 e. The van der Waals surface area contributed by atoms with Gasteiger partial charge in [-0.15, -0.1) is 0 Å². The van der Waals surface area contributed by atoms with Gasteiger partial charge in [0.25, 0.3) is 0 Å². The molecule has 0 atom stereocenters. The summed E-state index contributed by atoms with van der Waals surface area (Å²) in [5.74, 6) is -1.03. The van der Waals surface area contributed by atoms with Gasteiger partial charge in [-0.3, -0.25) is 4.79 Å².